The van der Waals surface area contributed by atoms with Gasteiger partial charge in [-0.05, 0) is 37.8 Å². The molecule has 0 bridgehead atoms. The maximum absolute atomic E-state index is 12.4. The summed E-state index contributed by atoms with van der Waals surface area (Å²) in [5.74, 6) is 2.68. The molecule has 8 nitrogen and oxygen atoms in total. The maximum atomic E-state index is 12.4. The lowest BCUT2D eigenvalue weighted by molar-refractivity contribution is 0.241. The molecule has 9 heteroatoms. The molecule has 1 aromatic heterocycles. The molecule has 2 N–H and O–H groups in total. The number of nitrogens with one attached hydrogen (secondary N) is 2. The second kappa shape index (κ2) is 10.8. The van der Waals surface area contributed by atoms with Gasteiger partial charge < -0.3 is 15.4 Å². The van der Waals surface area contributed by atoms with E-state index < -0.39 is 0 Å². The number of guanidine groups is 1. The fourth-order valence-corrected chi connectivity index (χ4v) is 3.92. The number of aliphatic imine (C=N–C) groups is 1. The van der Waals surface area contributed by atoms with Gasteiger partial charge in [0.15, 0.2) is 5.96 Å². The first kappa shape index (κ1) is 22.6. The van der Waals surface area contributed by atoms with Gasteiger partial charge in [-0.3, -0.25) is 4.57 Å². The third-order valence-electron chi connectivity index (χ3n) is 5.38. The standard InChI is InChI=1S/C21H30N6O2.HI/c1-2-22-20(24-15-17-14-16-8-3-4-9-18(16)29-17)23-11-7-13-27-21(28)26-12-6-5-10-19(26)25-27;/h3-4,8-9,17H,2,5-7,10-15H2,1H3,(H2,22,23,24);1H. The van der Waals surface area contributed by atoms with Crippen molar-refractivity contribution in [3.63, 3.8) is 0 Å². The molecule has 0 radical (unpaired) electrons. The molecule has 4 rings (SSSR count). The van der Waals surface area contributed by atoms with Crippen LogP contribution in [0.25, 0.3) is 0 Å². The molecule has 3 heterocycles. The van der Waals surface area contributed by atoms with Crippen molar-refractivity contribution in [3.05, 3.63) is 46.1 Å². The zero-order chi connectivity index (χ0) is 20.1. The summed E-state index contributed by atoms with van der Waals surface area (Å²) in [4.78, 5) is 17.1. The van der Waals surface area contributed by atoms with Crippen molar-refractivity contribution in [1.82, 2.24) is 25.0 Å². The first-order chi connectivity index (χ1) is 14.2. The fraction of sp³-hybridized carbons (Fsp3) is 0.571. The van der Waals surface area contributed by atoms with Gasteiger partial charge in [-0.2, -0.15) is 5.10 Å². The summed E-state index contributed by atoms with van der Waals surface area (Å²) in [6.45, 7) is 5.60. The Morgan fingerprint density at radius 1 is 1.30 bits per heavy atom. The summed E-state index contributed by atoms with van der Waals surface area (Å²) < 4.78 is 9.39. The minimum atomic E-state index is 0. The first-order valence-electron chi connectivity index (χ1n) is 10.7. The highest BCUT2D eigenvalue weighted by Crippen LogP contribution is 2.28. The molecule has 2 aromatic rings. The predicted molar refractivity (Wildman–Crippen MR) is 128 cm³/mol. The van der Waals surface area contributed by atoms with Crippen LogP contribution in [0, 0.1) is 0 Å². The van der Waals surface area contributed by atoms with Gasteiger partial charge in [0, 0.05) is 39.0 Å². The Hall–Kier alpha value is -2.04. The summed E-state index contributed by atoms with van der Waals surface area (Å²) >= 11 is 0. The average molecular weight is 526 g/mol. The van der Waals surface area contributed by atoms with Crippen molar-refractivity contribution >= 4 is 29.9 Å². The van der Waals surface area contributed by atoms with E-state index in [-0.39, 0.29) is 35.8 Å². The van der Waals surface area contributed by atoms with Gasteiger partial charge in [0.05, 0.1) is 6.54 Å². The molecule has 1 atom stereocenters. The lowest BCUT2D eigenvalue weighted by atomic mass is 10.1. The van der Waals surface area contributed by atoms with Gasteiger partial charge in [0.2, 0.25) is 0 Å². The van der Waals surface area contributed by atoms with Crippen LogP contribution in [0.5, 0.6) is 5.75 Å². The Morgan fingerprint density at radius 3 is 2.97 bits per heavy atom. The van der Waals surface area contributed by atoms with E-state index in [4.69, 9.17) is 4.74 Å². The topological polar surface area (TPSA) is 85.5 Å². The van der Waals surface area contributed by atoms with E-state index in [2.05, 4.69) is 26.8 Å². The van der Waals surface area contributed by atoms with Crippen molar-refractivity contribution < 1.29 is 4.74 Å². The molecule has 0 aliphatic carbocycles. The number of halogens is 1. The Morgan fingerprint density at radius 2 is 2.17 bits per heavy atom. The molecule has 0 spiro atoms. The number of nitrogens with zero attached hydrogens (tertiary/aromatic N) is 4. The van der Waals surface area contributed by atoms with Crippen LogP contribution in [0.4, 0.5) is 0 Å². The minimum Gasteiger partial charge on any atom is -0.488 e. The summed E-state index contributed by atoms with van der Waals surface area (Å²) in [7, 11) is 0. The molecule has 0 saturated heterocycles. The van der Waals surface area contributed by atoms with E-state index >= 15 is 0 Å². The Kier molecular flexibility index (Phi) is 8.17. The molecule has 0 amide bonds. The lowest BCUT2D eigenvalue weighted by Gasteiger charge is -2.13. The van der Waals surface area contributed by atoms with E-state index in [1.807, 2.05) is 29.7 Å². The third kappa shape index (κ3) is 5.35. The van der Waals surface area contributed by atoms with Crippen molar-refractivity contribution in [2.75, 3.05) is 19.6 Å². The van der Waals surface area contributed by atoms with E-state index in [9.17, 15) is 4.79 Å². The number of fused-ring (bicyclic) bond motifs is 2. The number of para-hydroxylation sites is 1. The Balaban J connectivity index is 0.00000256. The fourth-order valence-electron chi connectivity index (χ4n) is 3.92. The Bertz CT molecular complexity index is 897. The van der Waals surface area contributed by atoms with E-state index in [0.717, 1.165) is 69.3 Å². The number of benzene rings is 1. The van der Waals surface area contributed by atoms with Gasteiger partial charge in [-0.1, -0.05) is 18.2 Å². The van der Waals surface area contributed by atoms with Gasteiger partial charge in [-0.15, -0.1) is 24.0 Å². The highest BCUT2D eigenvalue weighted by molar-refractivity contribution is 14.0. The number of rotatable bonds is 7. The summed E-state index contributed by atoms with van der Waals surface area (Å²) in [5.41, 5.74) is 1.28. The SMILES string of the molecule is CCNC(=NCC1Cc2ccccc2O1)NCCCn1nc2n(c1=O)CCCC2.I. The molecule has 164 valence electrons. The number of hydrogen-bond donors (Lipinski definition) is 2. The van der Waals surface area contributed by atoms with Crippen LogP contribution >= 0.6 is 24.0 Å². The van der Waals surface area contributed by atoms with Gasteiger partial charge in [0.25, 0.3) is 0 Å². The minimum absolute atomic E-state index is 0. The zero-order valence-electron chi connectivity index (χ0n) is 17.5. The second-order valence-corrected chi connectivity index (χ2v) is 7.58. The van der Waals surface area contributed by atoms with E-state index in [1.54, 1.807) is 4.68 Å². The van der Waals surface area contributed by atoms with Gasteiger partial charge in [-0.25, -0.2) is 14.5 Å². The number of ether oxygens (including phenoxy) is 1. The van der Waals surface area contributed by atoms with Crippen LogP contribution in [0.15, 0.2) is 34.1 Å². The summed E-state index contributed by atoms with van der Waals surface area (Å²) in [5, 5.41) is 11.1. The molecular formula is C21H31IN6O2. The quantitative estimate of drug-likeness (QED) is 0.250. The normalized spacial score (nSPS) is 17.5. The molecule has 1 unspecified atom stereocenters. The van der Waals surface area contributed by atoms with Crippen LogP contribution in [0.1, 0.15) is 37.6 Å². The lowest BCUT2D eigenvalue weighted by Crippen LogP contribution is -2.39. The largest absolute Gasteiger partial charge is 0.488 e. The highest BCUT2D eigenvalue weighted by Gasteiger charge is 2.22. The molecule has 1 aromatic carbocycles. The summed E-state index contributed by atoms with van der Waals surface area (Å²) in [6.07, 6.45) is 4.89. The van der Waals surface area contributed by atoms with E-state index in [1.165, 1.54) is 5.56 Å². The van der Waals surface area contributed by atoms with Gasteiger partial charge in [0.1, 0.15) is 17.7 Å². The number of aromatic nitrogens is 3. The maximum Gasteiger partial charge on any atom is 0.345 e. The molecular weight excluding hydrogens is 495 g/mol. The summed E-state index contributed by atoms with van der Waals surface area (Å²) in [6, 6.07) is 8.16. The number of aryl methyl sites for hydroxylation is 2. The Labute approximate surface area is 194 Å². The van der Waals surface area contributed by atoms with Crippen molar-refractivity contribution in [3.8, 4) is 5.75 Å². The van der Waals surface area contributed by atoms with E-state index in [0.29, 0.717) is 13.1 Å². The molecule has 2 aliphatic heterocycles. The average Bonchev–Trinajstić information content (AvgIpc) is 3.30. The van der Waals surface area contributed by atoms with Gasteiger partial charge >= 0.3 is 5.69 Å². The third-order valence-corrected chi connectivity index (χ3v) is 5.38. The predicted octanol–water partition coefficient (Wildman–Crippen LogP) is 1.95. The van der Waals surface area contributed by atoms with Crippen molar-refractivity contribution in [2.24, 2.45) is 4.99 Å². The molecule has 2 aliphatic rings. The monoisotopic (exact) mass is 526 g/mol. The van der Waals surface area contributed by atoms with Crippen LogP contribution < -0.4 is 21.1 Å². The van der Waals surface area contributed by atoms with Crippen molar-refractivity contribution in [1.29, 1.82) is 0 Å². The van der Waals surface area contributed by atoms with Crippen LogP contribution in [-0.2, 0) is 25.9 Å². The molecule has 0 saturated carbocycles. The molecule has 0 fully saturated rings. The second-order valence-electron chi connectivity index (χ2n) is 7.58. The highest BCUT2D eigenvalue weighted by atomic mass is 127. The smallest absolute Gasteiger partial charge is 0.345 e. The molecule has 30 heavy (non-hydrogen) atoms. The first-order valence-corrected chi connectivity index (χ1v) is 10.7. The van der Waals surface area contributed by atoms with Crippen LogP contribution in [0.3, 0.4) is 0 Å². The number of hydrogen-bond acceptors (Lipinski definition) is 4. The van der Waals surface area contributed by atoms with Crippen LogP contribution in [-0.4, -0.2) is 46.0 Å². The van der Waals surface area contributed by atoms with Crippen LogP contribution in [0.2, 0.25) is 0 Å². The van der Waals surface area contributed by atoms with Crippen molar-refractivity contribution in [2.45, 2.75) is 58.2 Å². The zero-order valence-corrected chi connectivity index (χ0v) is 19.8.